The maximum absolute atomic E-state index is 11.0. The van der Waals surface area contributed by atoms with E-state index in [0.717, 1.165) is 19.3 Å². The second kappa shape index (κ2) is 6.70. The van der Waals surface area contributed by atoms with E-state index in [9.17, 15) is 4.79 Å². The Labute approximate surface area is 81.0 Å². The number of carbonyl (C=O) groups excluding carboxylic acids is 1. The van der Waals surface area contributed by atoms with Gasteiger partial charge in [0, 0.05) is 0 Å². The molecule has 1 atom stereocenters. The first-order valence-electron chi connectivity index (χ1n) is 4.85. The topological polar surface area (TPSA) is 26.3 Å². The van der Waals surface area contributed by atoms with E-state index in [1.807, 2.05) is 6.92 Å². The van der Waals surface area contributed by atoms with E-state index in [0.29, 0.717) is 0 Å². The third kappa shape index (κ3) is 5.45. The molecule has 76 valence electrons. The van der Waals surface area contributed by atoms with Crippen molar-refractivity contribution in [3.05, 3.63) is 11.6 Å². The second-order valence-corrected chi connectivity index (χ2v) is 3.41. The SMILES string of the molecule is CC/C(C)=C/CCC(C)C(=O)OC. The van der Waals surface area contributed by atoms with E-state index in [4.69, 9.17) is 0 Å². The van der Waals surface area contributed by atoms with Crippen molar-refractivity contribution in [2.45, 2.75) is 40.0 Å². The summed E-state index contributed by atoms with van der Waals surface area (Å²) in [4.78, 5) is 11.0. The number of hydrogen-bond acceptors (Lipinski definition) is 2. The highest BCUT2D eigenvalue weighted by molar-refractivity contribution is 5.71. The van der Waals surface area contributed by atoms with Crippen molar-refractivity contribution >= 4 is 5.97 Å². The Hall–Kier alpha value is -0.790. The summed E-state index contributed by atoms with van der Waals surface area (Å²) in [7, 11) is 1.44. The minimum atomic E-state index is -0.109. The van der Waals surface area contributed by atoms with Crippen molar-refractivity contribution in [1.82, 2.24) is 0 Å². The van der Waals surface area contributed by atoms with Crippen molar-refractivity contribution < 1.29 is 9.53 Å². The fourth-order valence-electron chi connectivity index (χ4n) is 1.04. The Bertz CT molecular complexity index is 183. The highest BCUT2D eigenvalue weighted by Crippen LogP contribution is 2.10. The average Bonchev–Trinajstić information content (AvgIpc) is 2.15. The van der Waals surface area contributed by atoms with Crippen LogP contribution in [0.1, 0.15) is 40.0 Å². The van der Waals surface area contributed by atoms with E-state index in [1.54, 1.807) is 0 Å². The minimum absolute atomic E-state index is 0.0194. The highest BCUT2D eigenvalue weighted by atomic mass is 16.5. The lowest BCUT2D eigenvalue weighted by Crippen LogP contribution is -2.11. The zero-order valence-electron chi connectivity index (χ0n) is 9.09. The third-order valence-corrected chi connectivity index (χ3v) is 2.25. The van der Waals surface area contributed by atoms with E-state index < -0.39 is 0 Å². The van der Waals surface area contributed by atoms with Crippen LogP contribution in [0.15, 0.2) is 11.6 Å². The molecule has 0 radical (unpaired) electrons. The third-order valence-electron chi connectivity index (χ3n) is 2.25. The Morgan fingerprint density at radius 1 is 1.54 bits per heavy atom. The molecule has 0 N–H and O–H groups in total. The van der Waals surface area contributed by atoms with E-state index in [2.05, 4.69) is 24.7 Å². The summed E-state index contributed by atoms with van der Waals surface area (Å²) in [6, 6.07) is 0. The Balaban J connectivity index is 3.70. The number of carbonyl (C=O) groups is 1. The van der Waals surface area contributed by atoms with Crippen molar-refractivity contribution in [3.8, 4) is 0 Å². The zero-order valence-corrected chi connectivity index (χ0v) is 9.09. The van der Waals surface area contributed by atoms with Crippen LogP contribution in [0.5, 0.6) is 0 Å². The number of esters is 1. The fourth-order valence-corrected chi connectivity index (χ4v) is 1.04. The van der Waals surface area contributed by atoms with Crippen LogP contribution in [0.3, 0.4) is 0 Å². The maximum Gasteiger partial charge on any atom is 0.308 e. The van der Waals surface area contributed by atoms with E-state index in [1.165, 1.54) is 12.7 Å². The molecule has 2 nitrogen and oxygen atoms in total. The van der Waals surface area contributed by atoms with Gasteiger partial charge < -0.3 is 4.74 Å². The highest BCUT2D eigenvalue weighted by Gasteiger charge is 2.10. The summed E-state index contributed by atoms with van der Waals surface area (Å²) >= 11 is 0. The first-order chi connectivity index (χ1) is 6.11. The molecule has 0 aliphatic rings. The molecule has 0 aromatic heterocycles. The largest absolute Gasteiger partial charge is 0.469 e. The Morgan fingerprint density at radius 2 is 2.15 bits per heavy atom. The van der Waals surface area contributed by atoms with Gasteiger partial charge in [-0.2, -0.15) is 0 Å². The molecule has 0 bridgehead atoms. The quantitative estimate of drug-likeness (QED) is 0.485. The smallest absolute Gasteiger partial charge is 0.308 e. The van der Waals surface area contributed by atoms with Crippen LogP contribution >= 0.6 is 0 Å². The molecule has 0 saturated carbocycles. The molecule has 0 rings (SSSR count). The predicted molar refractivity (Wildman–Crippen MR) is 54.5 cm³/mol. The summed E-state index contributed by atoms with van der Waals surface area (Å²) < 4.78 is 4.64. The minimum Gasteiger partial charge on any atom is -0.469 e. The van der Waals surface area contributed by atoms with Gasteiger partial charge in [0.1, 0.15) is 0 Å². The number of rotatable bonds is 5. The molecule has 0 spiro atoms. The van der Waals surface area contributed by atoms with Crippen LogP contribution in [-0.4, -0.2) is 13.1 Å². The molecule has 0 aliphatic heterocycles. The predicted octanol–water partition coefficient (Wildman–Crippen LogP) is 2.93. The lowest BCUT2D eigenvalue weighted by Gasteiger charge is -2.06. The van der Waals surface area contributed by atoms with Gasteiger partial charge in [0.25, 0.3) is 0 Å². The van der Waals surface area contributed by atoms with E-state index >= 15 is 0 Å². The summed E-state index contributed by atoms with van der Waals surface area (Å²) in [6.45, 7) is 6.15. The van der Waals surface area contributed by atoms with Gasteiger partial charge in [0.2, 0.25) is 0 Å². The normalized spacial score (nSPS) is 14.0. The van der Waals surface area contributed by atoms with Crippen molar-refractivity contribution in [2.24, 2.45) is 5.92 Å². The number of methoxy groups -OCH3 is 1. The van der Waals surface area contributed by atoms with Gasteiger partial charge >= 0.3 is 5.97 Å². The first-order valence-corrected chi connectivity index (χ1v) is 4.85. The summed E-state index contributed by atoms with van der Waals surface area (Å²) in [5, 5.41) is 0. The van der Waals surface area contributed by atoms with Crippen LogP contribution in [0.4, 0.5) is 0 Å². The van der Waals surface area contributed by atoms with E-state index in [-0.39, 0.29) is 11.9 Å². The van der Waals surface area contributed by atoms with Crippen molar-refractivity contribution in [3.63, 3.8) is 0 Å². The van der Waals surface area contributed by atoms with Crippen molar-refractivity contribution in [2.75, 3.05) is 7.11 Å². The average molecular weight is 184 g/mol. The molecule has 0 fully saturated rings. The van der Waals surface area contributed by atoms with Gasteiger partial charge in [-0.3, -0.25) is 4.79 Å². The number of hydrogen-bond donors (Lipinski definition) is 0. The summed E-state index contributed by atoms with van der Waals surface area (Å²) in [6.07, 6.45) is 5.13. The first kappa shape index (κ1) is 12.2. The summed E-state index contributed by atoms with van der Waals surface area (Å²) in [5.74, 6) is -0.0894. The molecule has 13 heavy (non-hydrogen) atoms. The van der Waals surface area contributed by atoms with Gasteiger partial charge in [-0.05, 0) is 26.2 Å². The Morgan fingerprint density at radius 3 is 2.62 bits per heavy atom. The standard InChI is InChI=1S/C11H20O2/c1-5-9(2)7-6-8-10(3)11(12)13-4/h7,10H,5-6,8H2,1-4H3/b9-7+. The van der Waals surface area contributed by atoms with Gasteiger partial charge in [-0.1, -0.05) is 25.5 Å². The Kier molecular flexibility index (Phi) is 6.29. The summed E-state index contributed by atoms with van der Waals surface area (Å²) in [5.41, 5.74) is 1.39. The molecule has 1 unspecified atom stereocenters. The molecular formula is C11H20O2. The van der Waals surface area contributed by atoms with Crippen LogP contribution in [0.2, 0.25) is 0 Å². The second-order valence-electron chi connectivity index (χ2n) is 3.41. The molecular weight excluding hydrogens is 164 g/mol. The lowest BCUT2D eigenvalue weighted by atomic mass is 10.0. The lowest BCUT2D eigenvalue weighted by molar-refractivity contribution is -0.144. The molecule has 2 heteroatoms. The molecule has 0 heterocycles. The van der Waals surface area contributed by atoms with Gasteiger partial charge in [-0.25, -0.2) is 0 Å². The van der Waals surface area contributed by atoms with Gasteiger partial charge in [0.05, 0.1) is 13.0 Å². The van der Waals surface area contributed by atoms with Crippen LogP contribution in [0, 0.1) is 5.92 Å². The number of allylic oxidation sites excluding steroid dienone is 2. The molecule has 0 amide bonds. The van der Waals surface area contributed by atoms with Crippen LogP contribution in [-0.2, 0) is 9.53 Å². The van der Waals surface area contributed by atoms with Crippen LogP contribution < -0.4 is 0 Å². The zero-order chi connectivity index (χ0) is 10.3. The monoisotopic (exact) mass is 184 g/mol. The molecule has 0 aromatic rings. The fraction of sp³-hybridized carbons (Fsp3) is 0.727. The van der Waals surface area contributed by atoms with Gasteiger partial charge in [0.15, 0.2) is 0 Å². The molecule has 0 saturated heterocycles. The maximum atomic E-state index is 11.0. The van der Waals surface area contributed by atoms with Gasteiger partial charge in [-0.15, -0.1) is 0 Å². The molecule has 0 aliphatic carbocycles. The number of ether oxygens (including phenoxy) is 1. The van der Waals surface area contributed by atoms with Crippen molar-refractivity contribution in [1.29, 1.82) is 0 Å². The molecule has 0 aromatic carbocycles. The van der Waals surface area contributed by atoms with Crippen LogP contribution in [0.25, 0.3) is 0 Å².